The molecule has 7 nitrogen and oxygen atoms in total. The SMILES string of the molecule is CC(C)Sc1ccc(Cc2nnc(NC(=O)c3cccc(S(=O)(=O)C(C)C)c3)o2)cc1. The second kappa shape index (κ2) is 9.65. The quantitative estimate of drug-likeness (QED) is 0.491. The number of carbonyl (C=O) groups excluding carboxylic acids is 1. The molecule has 1 N–H and O–H groups in total. The molecule has 0 aliphatic heterocycles. The van der Waals surface area contributed by atoms with E-state index < -0.39 is 21.0 Å². The van der Waals surface area contributed by atoms with Gasteiger partial charge in [-0.05, 0) is 49.7 Å². The predicted molar refractivity (Wildman–Crippen MR) is 121 cm³/mol. The molecule has 0 aliphatic carbocycles. The van der Waals surface area contributed by atoms with Crippen LogP contribution in [-0.2, 0) is 16.3 Å². The fourth-order valence-corrected chi connectivity index (χ4v) is 4.71. The Morgan fingerprint density at radius 1 is 1.06 bits per heavy atom. The van der Waals surface area contributed by atoms with Gasteiger partial charge in [-0.2, -0.15) is 0 Å². The van der Waals surface area contributed by atoms with Crippen LogP contribution in [0, 0.1) is 0 Å². The van der Waals surface area contributed by atoms with E-state index in [1.54, 1.807) is 25.6 Å². The van der Waals surface area contributed by atoms with Crippen LogP contribution >= 0.6 is 11.8 Å². The van der Waals surface area contributed by atoms with Crippen molar-refractivity contribution in [3.05, 3.63) is 65.5 Å². The van der Waals surface area contributed by atoms with Gasteiger partial charge in [-0.25, -0.2) is 8.42 Å². The minimum Gasteiger partial charge on any atom is -0.407 e. The van der Waals surface area contributed by atoms with E-state index in [1.165, 1.54) is 29.2 Å². The van der Waals surface area contributed by atoms with Crippen molar-refractivity contribution in [2.75, 3.05) is 5.32 Å². The number of rotatable bonds is 8. The zero-order valence-electron chi connectivity index (χ0n) is 17.8. The van der Waals surface area contributed by atoms with Crippen LogP contribution in [0.4, 0.5) is 6.01 Å². The Hall–Kier alpha value is -2.65. The first kappa shape index (κ1) is 23.0. The normalized spacial score (nSPS) is 11.8. The van der Waals surface area contributed by atoms with Crippen molar-refractivity contribution in [1.82, 2.24) is 10.2 Å². The van der Waals surface area contributed by atoms with Crippen LogP contribution < -0.4 is 5.32 Å². The van der Waals surface area contributed by atoms with Gasteiger partial charge in [-0.15, -0.1) is 16.9 Å². The minimum absolute atomic E-state index is 0.0379. The molecule has 164 valence electrons. The fourth-order valence-electron chi connectivity index (χ4n) is 2.76. The summed E-state index contributed by atoms with van der Waals surface area (Å²) in [6.07, 6.45) is 0.442. The number of hydrogen-bond donors (Lipinski definition) is 1. The third kappa shape index (κ3) is 5.95. The molecule has 0 unspecified atom stereocenters. The number of nitrogens with zero attached hydrogens (tertiary/aromatic N) is 2. The average Bonchev–Trinajstić information content (AvgIpc) is 3.15. The Morgan fingerprint density at radius 2 is 1.77 bits per heavy atom. The molecule has 3 aromatic rings. The van der Waals surface area contributed by atoms with Crippen molar-refractivity contribution in [3.8, 4) is 0 Å². The van der Waals surface area contributed by atoms with E-state index in [4.69, 9.17) is 4.42 Å². The summed E-state index contributed by atoms with van der Waals surface area (Å²) in [5, 5.41) is 10.3. The van der Waals surface area contributed by atoms with Crippen molar-refractivity contribution >= 4 is 33.5 Å². The van der Waals surface area contributed by atoms with E-state index in [9.17, 15) is 13.2 Å². The lowest BCUT2D eigenvalue weighted by Gasteiger charge is -2.09. The number of nitrogens with one attached hydrogen (secondary N) is 1. The van der Waals surface area contributed by atoms with Gasteiger partial charge in [-0.1, -0.05) is 37.1 Å². The van der Waals surface area contributed by atoms with E-state index in [1.807, 2.05) is 12.1 Å². The summed E-state index contributed by atoms with van der Waals surface area (Å²) >= 11 is 1.79. The van der Waals surface area contributed by atoms with Crippen LogP contribution in [0.1, 0.15) is 49.5 Å². The summed E-state index contributed by atoms with van der Waals surface area (Å²) in [5.74, 6) is -0.151. The zero-order valence-corrected chi connectivity index (χ0v) is 19.5. The van der Waals surface area contributed by atoms with Crippen LogP contribution in [0.3, 0.4) is 0 Å². The maximum atomic E-state index is 12.5. The van der Waals surface area contributed by atoms with Gasteiger partial charge in [0.1, 0.15) is 0 Å². The highest BCUT2D eigenvalue weighted by atomic mass is 32.2. The smallest absolute Gasteiger partial charge is 0.322 e. The van der Waals surface area contributed by atoms with Crippen molar-refractivity contribution < 1.29 is 17.6 Å². The summed E-state index contributed by atoms with van der Waals surface area (Å²) < 4.78 is 30.2. The molecule has 0 saturated heterocycles. The summed E-state index contributed by atoms with van der Waals surface area (Å²) in [5.41, 5.74) is 1.21. The van der Waals surface area contributed by atoms with Crippen LogP contribution in [0.5, 0.6) is 0 Å². The Morgan fingerprint density at radius 3 is 2.42 bits per heavy atom. The van der Waals surface area contributed by atoms with Gasteiger partial charge in [-0.3, -0.25) is 10.1 Å². The highest BCUT2D eigenvalue weighted by Gasteiger charge is 2.21. The second-order valence-corrected chi connectivity index (χ2v) is 11.7. The number of hydrogen-bond acceptors (Lipinski definition) is 7. The van der Waals surface area contributed by atoms with E-state index in [0.717, 1.165) is 5.56 Å². The highest BCUT2D eigenvalue weighted by molar-refractivity contribution is 7.99. The van der Waals surface area contributed by atoms with Gasteiger partial charge in [0.05, 0.1) is 16.6 Å². The molecule has 0 fully saturated rings. The fraction of sp³-hybridized carbons (Fsp3) is 0.318. The maximum Gasteiger partial charge on any atom is 0.322 e. The van der Waals surface area contributed by atoms with Crippen LogP contribution in [-0.4, -0.2) is 35.0 Å². The summed E-state index contributed by atoms with van der Waals surface area (Å²) in [4.78, 5) is 13.8. The van der Waals surface area contributed by atoms with E-state index >= 15 is 0 Å². The number of anilines is 1. The van der Waals surface area contributed by atoms with Gasteiger partial charge >= 0.3 is 6.01 Å². The van der Waals surface area contributed by atoms with Gasteiger partial charge in [0.25, 0.3) is 5.91 Å². The Kier molecular flexibility index (Phi) is 7.17. The summed E-state index contributed by atoms with van der Waals surface area (Å²) in [7, 11) is -3.48. The molecule has 1 amide bonds. The predicted octanol–water partition coefficient (Wildman–Crippen LogP) is 4.60. The molecule has 31 heavy (non-hydrogen) atoms. The lowest BCUT2D eigenvalue weighted by molar-refractivity contribution is 0.102. The monoisotopic (exact) mass is 459 g/mol. The third-order valence-corrected chi connectivity index (χ3v) is 7.55. The largest absolute Gasteiger partial charge is 0.407 e. The number of amides is 1. The first-order chi connectivity index (χ1) is 14.6. The molecule has 3 rings (SSSR count). The molecule has 0 atom stereocenters. The van der Waals surface area contributed by atoms with Crippen LogP contribution in [0.25, 0.3) is 0 Å². The van der Waals surface area contributed by atoms with Crippen molar-refractivity contribution in [2.24, 2.45) is 0 Å². The van der Waals surface area contributed by atoms with Crippen molar-refractivity contribution in [1.29, 1.82) is 0 Å². The third-order valence-electron chi connectivity index (χ3n) is 4.38. The highest BCUT2D eigenvalue weighted by Crippen LogP contribution is 2.24. The van der Waals surface area contributed by atoms with Gasteiger partial charge in [0, 0.05) is 15.7 Å². The number of aromatic nitrogens is 2. The number of thioether (sulfide) groups is 1. The standard InChI is InChI=1S/C22H25N3O4S2/c1-14(2)30-18-10-8-16(9-11-18)12-20-24-25-22(29-20)23-21(26)17-6-5-7-19(13-17)31(27,28)15(3)4/h5-11,13-15H,12H2,1-4H3,(H,23,25,26). The lowest BCUT2D eigenvalue weighted by atomic mass is 10.1. The Labute approximate surface area is 186 Å². The van der Waals surface area contributed by atoms with E-state index in [0.29, 0.717) is 17.6 Å². The van der Waals surface area contributed by atoms with Crippen molar-refractivity contribution in [3.63, 3.8) is 0 Å². The molecule has 0 radical (unpaired) electrons. The molecular formula is C22H25N3O4S2. The zero-order chi connectivity index (χ0) is 22.6. The van der Waals surface area contributed by atoms with Gasteiger partial charge in [0.15, 0.2) is 9.84 Å². The van der Waals surface area contributed by atoms with Crippen LogP contribution in [0.15, 0.2) is 62.7 Å². The molecule has 0 spiro atoms. The lowest BCUT2D eigenvalue weighted by Crippen LogP contribution is -2.16. The molecule has 1 aromatic heterocycles. The number of carbonyl (C=O) groups is 1. The maximum absolute atomic E-state index is 12.5. The van der Waals surface area contributed by atoms with Gasteiger partial charge < -0.3 is 4.42 Å². The van der Waals surface area contributed by atoms with Crippen molar-refractivity contribution in [2.45, 2.75) is 54.4 Å². The minimum atomic E-state index is -3.48. The van der Waals surface area contributed by atoms with Crippen LogP contribution in [0.2, 0.25) is 0 Å². The molecule has 0 aliphatic rings. The average molecular weight is 460 g/mol. The number of sulfone groups is 1. The summed E-state index contributed by atoms with van der Waals surface area (Å²) in [6.45, 7) is 7.48. The van der Waals surface area contributed by atoms with E-state index in [-0.39, 0.29) is 16.5 Å². The molecule has 1 heterocycles. The van der Waals surface area contributed by atoms with Gasteiger partial charge in [0.2, 0.25) is 5.89 Å². The summed E-state index contributed by atoms with van der Waals surface area (Å²) in [6, 6.07) is 14.0. The molecule has 0 saturated carbocycles. The Bertz CT molecular complexity index is 1150. The van der Waals surface area contributed by atoms with E-state index in [2.05, 4.69) is 41.5 Å². The Balaban J connectivity index is 1.66. The molecule has 2 aromatic carbocycles. The molecular weight excluding hydrogens is 434 g/mol. The molecule has 0 bridgehead atoms. The second-order valence-electron chi connectivity index (χ2n) is 7.56. The topological polar surface area (TPSA) is 102 Å². The molecule has 9 heteroatoms. The number of benzene rings is 2. The first-order valence-electron chi connectivity index (χ1n) is 9.88. The first-order valence-corrected chi connectivity index (χ1v) is 12.3.